The van der Waals surface area contributed by atoms with Crippen molar-refractivity contribution in [2.45, 2.75) is 19.4 Å². The monoisotopic (exact) mass is 181 g/mol. The molecule has 3 heteroatoms. The van der Waals surface area contributed by atoms with Crippen LogP contribution in [0.1, 0.15) is 24.1 Å². The first kappa shape index (κ1) is 10.0. The van der Waals surface area contributed by atoms with Crippen molar-refractivity contribution in [1.29, 1.82) is 0 Å². The lowest BCUT2D eigenvalue weighted by Crippen LogP contribution is -2.16. The van der Waals surface area contributed by atoms with Crippen LogP contribution in [0.15, 0.2) is 18.2 Å². The normalized spacial score (nSPS) is 12.8. The fourth-order valence-corrected chi connectivity index (χ4v) is 1.36. The minimum absolute atomic E-state index is 0.0717. The topological polar surface area (TPSA) is 66.5 Å². The summed E-state index contributed by atoms with van der Waals surface area (Å²) in [6.07, 6.45) is 0.803. The number of benzene rings is 1. The van der Waals surface area contributed by atoms with E-state index in [1.165, 1.54) is 0 Å². The van der Waals surface area contributed by atoms with E-state index in [4.69, 9.17) is 10.8 Å². The predicted molar refractivity (Wildman–Crippen MR) is 51.5 cm³/mol. The number of aliphatic hydroxyl groups is 1. The first-order valence-corrected chi connectivity index (χ1v) is 4.37. The number of nitrogens with two attached hydrogens (primary N) is 1. The van der Waals surface area contributed by atoms with Gasteiger partial charge in [-0.15, -0.1) is 0 Å². The van der Waals surface area contributed by atoms with Crippen LogP contribution in [0.25, 0.3) is 0 Å². The third-order valence-electron chi connectivity index (χ3n) is 2.10. The summed E-state index contributed by atoms with van der Waals surface area (Å²) < 4.78 is 0. The fourth-order valence-electron chi connectivity index (χ4n) is 1.36. The van der Waals surface area contributed by atoms with Gasteiger partial charge in [-0.05, 0) is 29.7 Å². The molecule has 1 unspecified atom stereocenters. The van der Waals surface area contributed by atoms with Crippen molar-refractivity contribution in [3.63, 3.8) is 0 Å². The summed E-state index contributed by atoms with van der Waals surface area (Å²) in [5.74, 6) is 0.241. The maximum Gasteiger partial charge on any atom is 0.115 e. The van der Waals surface area contributed by atoms with Crippen LogP contribution in [0.5, 0.6) is 5.75 Å². The molecule has 0 bridgehead atoms. The molecule has 0 radical (unpaired) electrons. The molecule has 0 amide bonds. The number of phenols is 1. The molecule has 3 nitrogen and oxygen atoms in total. The molecule has 0 saturated carbocycles. The molecule has 0 fully saturated rings. The molecule has 1 aromatic carbocycles. The summed E-state index contributed by atoms with van der Waals surface area (Å²) in [4.78, 5) is 0. The van der Waals surface area contributed by atoms with E-state index in [1.54, 1.807) is 18.2 Å². The van der Waals surface area contributed by atoms with Gasteiger partial charge in [-0.3, -0.25) is 0 Å². The molecule has 0 aliphatic carbocycles. The summed E-state index contributed by atoms with van der Waals surface area (Å²) in [6, 6.07) is 4.68. The maximum atomic E-state index is 9.22. The van der Waals surface area contributed by atoms with Gasteiger partial charge in [0.05, 0.1) is 12.6 Å². The van der Waals surface area contributed by atoms with Crippen LogP contribution in [0.2, 0.25) is 0 Å². The highest BCUT2D eigenvalue weighted by atomic mass is 16.3. The summed E-state index contributed by atoms with van der Waals surface area (Å²) in [5.41, 5.74) is 7.58. The summed E-state index contributed by atoms with van der Waals surface area (Å²) >= 11 is 0. The third-order valence-corrected chi connectivity index (χ3v) is 2.10. The SMILES string of the molecule is CCc1cc(O)ccc1C(N)CO. The van der Waals surface area contributed by atoms with Gasteiger partial charge in [-0.2, -0.15) is 0 Å². The summed E-state index contributed by atoms with van der Waals surface area (Å²) in [6.45, 7) is 1.92. The Morgan fingerprint density at radius 1 is 1.46 bits per heavy atom. The van der Waals surface area contributed by atoms with Crippen LogP contribution in [-0.4, -0.2) is 16.8 Å². The van der Waals surface area contributed by atoms with Gasteiger partial charge in [0.1, 0.15) is 5.75 Å². The van der Waals surface area contributed by atoms with E-state index in [0.29, 0.717) is 0 Å². The van der Waals surface area contributed by atoms with Crippen molar-refractivity contribution in [1.82, 2.24) is 0 Å². The third kappa shape index (κ3) is 2.20. The maximum absolute atomic E-state index is 9.22. The van der Waals surface area contributed by atoms with Gasteiger partial charge in [0.15, 0.2) is 0 Å². The predicted octanol–water partition coefficient (Wildman–Crippen LogP) is 0.947. The van der Waals surface area contributed by atoms with E-state index in [9.17, 15) is 5.11 Å². The number of rotatable bonds is 3. The molecule has 0 heterocycles. The highest BCUT2D eigenvalue weighted by Crippen LogP contribution is 2.21. The largest absolute Gasteiger partial charge is 0.508 e. The van der Waals surface area contributed by atoms with Gasteiger partial charge in [-0.25, -0.2) is 0 Å². The average Bonchev–Trinajstić information content (AvgIpc) is 2.16. The Hall–Kier alpha value is -1.06. The molecule has 0 aliphatic heterocycles. The molecule has 1 atom stereocenters. The van der Waals surface area contributed by atoms with E-state index in [1.807, 2.05) is 6.92 Å². The Kier molecular flexibility index (Phi) is 3.28. The highest BCUT2D eigenvalue weighted by Gasteiger charge is 2.09. The number of hydrogen-bond acceptors (Lipinski definition) is 3. The van der Waals surface area contributed by atoms with Crippen LogP contribution in [0.3, 0.4) is 0 Å². The van der Waals surface area contributed by atoms with Crippen molar-refractivity contribution >= 4 is 0 Å². The molecule has 0 saturated heterocycles. The van der Waals surface area contributed by atoms with E-state index in [0.717, 1.165) is 17.5 Å². The fraction of sp³-hybridized carbons (Fsp3) is 0.400. The van der Waals surface area contributed by atoms with Crippen LogP contribution >= 0.6 is 0 Å². The zero-order chi connectivity index (χ0) is 9.84. The molecule has 1 rings (SSSR count). The lowest BCUT2D eigenvalue weighted by molar-refractivity contribution is 0.267. The van der Waals surface area contributed by atoms with E-state index in [-0.39, 0.29) is 18.4 Å². The second-order valence-electron chi connectivity index (χ2n) is 3.03. The van der Waals surface area contributed by atoms with Crippen molar-refractivity contribution < 1.29 is 10.2 Å². The minimum atomic E-state index is -0.351. The number of aryl methyl sites for hydroxylation is 1. The van der Waals surface area contributed by atoms with Crippen molar-refractivity contribution in [2.24, 2.45) is 5.73 Å². The van der Waals surface area contributed by atoms with Gasteiger partial charge in [0, 0.05) is 0 Å². The molecular formula is C10H15NO2. The second kappa shape index (κ2) is 4.25. The summed E-state index contributed by atoms with van der Waals surface area (Å²) in [5, 5.41) is 18.1. The van der Waals surface area contributed by atoms with Gasteiger partial charge in [0.2, 0.25) is 0 Å². The number of aliphatic hydroxyl groups excluding tert-OH is 1. The molecule has 4 N–H and O–H groups in total. The Bertz CT molecular complexity index is 286. The Balaban J connectivity index is 3.05. The zero-order valence-corrected chi connectivity index (χ0v) is 7.70. The number of aromatic hydroxyl groups is 1. The van der Waals surface area contributed by atoms with Crippen molar-refractivity contribution in [3.8, 4) is 5.75 Å². The zero-order valence-electron chi connectivity index (χ0n) is 7.70. The number of hydrogen-bond donors (Lipinski definition) is 3. The van der Waals surface area contributed by atoms with E-state index >= 15 is 0 Å². The smallest absolute Gasteiger partial charge is 0.115 e. The van der Waals surface area contributed by atoms with Gasteiger partial charge in [-0.1, -0.05) is 13.0 Å². The molecule has 0 aromatic heterocycles. The Morgan fingerprint density at radius 2 is 2.15 bits per heavy atom. The Labute approximate surface area is 77.8 Å². The molecular weight excluding hydrogens is 166 g/mol. The van der Waals surface area contributed by atoms with Gasteiger partial charge < -0.3 is 15.9 Å². The average molecular weight is 181 g/mol. The van der Waals surface area contributed by atoms with E-state index in [2.05, 4.69) is 0 Å². The molecule has 1 aromatic rings. The quantitative estimate of drug-likeness (QED) is 0.650. The van der Waals surface area contributed by atoms with Crippen LogP contribution < -0.4 is 5.73 Å². The standard InChI is InChI=1S/C10H15NO2/c1-2-7-5-8(13)3-4-9(7)10(11)6-12/h3-5,10,12-13H,2,6,11H2,1H3. The lowest BCUT2D eigenvalue weighted by atomic mass is 9.99. The van der Waals surface area contributed by atoms with Gasteiger partial charge >= 0.3 is 0 Å². The molecule has 72 valence electrons. The van der Waals surface area contributed by atoms with Crippen molar-refractivity contribution in [3.05, 3.63) is 29.3 Å². The van der Waals surface area contributed by atoms with Gasteiger partial charge in [0.25, 0.3) is 0 Å². The first-order chi connectivity index (χ1) is 6.19. The van der Waals surface area contributed by atoms with E-state index < -0.39 is 0 Å². The van der Waals surface area contributed by atoms with Crippen molar-refractivity contribution in [2.75, 3.05) is 6.61 Å². The molecule has 13 heavy (non-hydrogen) atoms. The molecule has 0 aliphatic rings. The molecule has 0 spiro atoms. The van der Waals surface area contributed by atoms with Crippen LogP contribution in [-0.2, 0) is 6.42 Å². The number of phenolic OH excluding ortho intramolecular Hbond substituents is 1. The van der Waals surface area contributed by atoms with Crippen LogP contribution in [0.4, 0.5) is 0 Å². The highest BCUT2D eigenvalue weighted by molar-refractivity contribution is 5.36. The second-order valence-corrected chi connectivity index (χ2v) is 3.03. The van der Waals surface area contributed by atoms with Crippen LogP contribution in [0, 0.1) is 0 Å². The minimum Gasteiger partial charge on any atom is -0.508 e. The first-order valence-electron chi connectivity index (χ1n) is 4.37. The lowest BCUT2D eigenvalue weighted by Gasteiger charge is -2.13. The summed E-state index contributed by atoms with van der Waals surface area (Å²) in [7, 11) is 0. The Morgan fingerprint density at radius 3 is 2.69 bits per heavy atom.